The molecule has 1 amide bonds. The summed E-state index contributed by atoms with van der Waals surface area (Å²) in [7, 11) is 0. The third kappa shape index (κ3) is 4.07. The molecule has 0 saturated carbocycles. The molecule has 2 N–H and O–H groups in total. The van der Waals surface area contributed by atoms with Crippen LogP contribution in [0.1, 0.15) is 26.2 Å². The lowest BCUT2D eigenvalue weighted by atomic mass is 10.1. The van der Waals surface area contributed by atoms with Crippen LogP contribution in [0.15, 0.2) is 0 Å². The van der Waals surface area contributed by atoms with Crippen LogP contribution in [0, 0.1) is 0 Å². The largest absolute Gasteiger partial charge is 0.378 e. The summed E-state index contributed by atoms with van der Waals surface area (Å²) in [5.41, 5.74) is 5.61. The highest BCUT2D eigenvalue weighted by Gasteiger charge is 2.15. The number of nitrogens with zero attached hydrogens (tertiary/aromatic N) is 1. The Labute approximate surface area is 85.4 Å². The smallest absolute Gasteiger partial charge is 0.222 e. The van der Waals surface area contributed by atoms with E-state index in [4.69, 9.17) is 10.5 Å². The molecule has 0 spiro atoms. The normalized spacial score (nSPS) is 19.4. The summed E-state index contributed by atoms with van der Waals surface area (Å²) < 4.78 is 5.18. The second-order valence-corrected chi connectivity index (χ2v) is 3.86. The van der Waals surface area contributed by atoms with Crippen LogP contribution in [0.4, 0.5) is 0 Å². The molecule has 0 aromatic rings. The Morgan fingerprint density at radius 2 is 2.14 bits per heavy atom. The third-order valence-electron chi connectivity index (χ3n) is 2.41. The molecule has 1 atom stereocenters. The van der Waals surface area contributed by atoms with Crippen LogP contribution >= 0.6 is 0 Å². The van der Waals surface area contributed by atoms with Crippen molar-refractivity contribution >= 4 is 5.91 Å². The van der Waals surface area contributed by atoms with Gasteiger partial charge in [-0.1, -0.05) is 0 Å². The lowest BCUT2D eigenvalue weighted by Crippen LogP contribution is -2.40. The molecule has 0 aromatic heterocycles. The molecule has 1 aliphatic heterocycles. The van der Waals surface area contributed by atoms with Crippen molar-refractivity contribution in [1.82, 2.24) is 4.90 Å². The maximum atomic E-state index is 11.6. The molecule has 82 valence electrons. The molecular weight excluding hydrogens is 180 g/mol. The zero-order chi connectivity index (χ0) is 10.4. The molecule has 1 rings (SSSR count). The highest BCUT2D eigenvalue weighted by Crippen LogP contribution is 2.05. The van der Waals surface area contributed by atoms with Crippen molar-refractivity contribution in [2.75, 3.05) is 26.3 Å². The fraction of sp³-hybridized carbons (Fsp3) is 0.900. The second-order valence-electron chi connectivity index (χ2n) is 3.86. The van der Waals surface area contributed by atoms with E-state index in [1.54, 1.807) is 0 Å². The van der Waals surface area contributed by atoms with Gasteiger partial charge in [-0.25, -0.2) is 0 Å². The first kappa shape index (κ1) is 11.5. The van der Waals surface area contributed by atoms with Gasteiger partial charge in [0.15, 0.2) is 0 Å². The molecule has 1 unspecified atom stereocenters. The van der Waals surface area contributed by atoms with E-state index in [9.17, 15) is 4.79 Å². The van der Waals surface area contributed by atoms with E-state index < -0.39 is 0 Å². The van der Waals surface area contributed by atoms with E-state index >= 15 is 0 Å². The highest BCUT2D eigenvalue weighted by atomic mass is 16.5. The van der Waals surface area contributed by atoms with Gasteiger partial charge in [-0.15, -0.1) is 0 Å². The van der Waals surface area contributed by atoms with Crippen molar-refractivity contribution < 1.29 is 9.53 Å². The first-order chi connectivity index (χ1) is 6.70. The summed E-state index contributed by atoms with van der Waals surface area (Å²) >= 11 is 0. The molecule has 0 radical (unpaired) electrons. The average Bonchev–Trinajstić information content (AvgIpc) is 2.18. The summed E-state index contributed by atoms with van der Waals surface area (Å²) in [4.78, 5) is 13.5. The van der Waals surface area contributed by atoms with E-state index in [2.05, 4.69) is 0 Å². The van der Waals surface area contributed by atoms with Crippen LogP contribution in [0.3, 0.4) is 0 Å². The van der Waals surface area contributed by atoms with Crippen LogP contribution < -0.4 is 5.73 Å². The van der Waals surface area contributed by atoms with Gasteiger partial charge in [-0.2, -0.15) is 0 Å². The molecule has 1 saturated heterocycles. The lowest BCUT2D eigenvalue weighted by Gasteiger charge is -2.26. The molecule has 1 aliphatic rings. The molecule has 0 aromatic carbocycles. The zero-order valence-corrected chi connectivity index (χ0v) is 8.87. The standard InChI is InChI=1S/C10H20N2O2/c1-9(11)3-2-4-10(13)12-5-7-14-8-6-12/h9H,2-8,11H2,1H3. The number of ether oxygens (including phenoxy) is 1. The van der Waals surface area contributed by atoms with Crippen molar-refractivity contribution in [1.29, 1.82) is 0 Å². The summed E-state index contributed by atoms with van der Waals surface area (Å²) in [6.07, 6.45) is 2.45. The Morgan fingerprint density at radius 3 is 2.71 bits per heavy atom. The fourth-order valence-electron chi connectivity index (χ4n) is 1.55. The Kier molecular flexibility index (Phi) is 4.90. The van der Waals surface area contributed by atoms with Crippen LogP contribution in [0.5, 0.6) is 0 Å². The van der Waals surface area contributed by atoms with E-state index in [0.29, 0.717) is 19.6 Å². The quantitative estimate of drug-likeness (QED) is 0.713. The number of amides is 1. The van der Waals surface area contributed by atoms with Crippen molar-refractivity contribution in [2.45, 2.75) is 32.2 Å². The van der Waals surface area contributed by atoms with Crippen molar-refractivity contribution in [2.24, 2.45) is 5.73 Å². The first-order valence-corrected chi connectivity index (χ1v) is 5.31. The Balaban J connectivity index is 2.13. The van der Waals surface area contributed by atoms with Gasteiger partial charge in [0.2, 0.25) is 5.91 Å². The van der Waals surface area contributed by atoms with Crippen molar-refractivity contribution in [3.05, 3.63) is 0 Å². The summed E-state index contributed by atoms with van der Waals surface area (Å²) in [5, 5.41) is 0. The van der Waals surface area contributed by atoms with E-state index in [1.165, 1.54) is 0 Å². The van der Waals surface area contributed by atoms with Gasteiger partial charge >= 0.3 is 0 Å². The lowest BCUT2D eigenvalue weighted by molar-refractivity contribution is -0.135. The first-order valence-electron chi connectivity index (χ1n) is 5.31. The van der Waals surface area contributed by atoms with Gasteiger partial charge in [0, 0.05) is 25.6 Å². The summed E-state index contributed by atoms with van der Waals surface area (Å²) in [6.45, 7) is 4.82. The molecule has 14 heavy (non-hydrogen) atoms. The molecule has 1 fully saturated rings. The monoisotopic (exact) mass is 200 g/mol. The van der Waals surface area contributed by atoms with Crippen molar-refractivity contribution in [3.63, 3.8) is 0 Å². The molecule has 4 heteroatoms. The molecule has 4 nitrogen and oxygen atoms in total. The van der Waals surface area contributed by atoms with Crippen LogP contribution in [0.25, 0.3) is 0 Å². The molecule has 0 bridgehead atoms. The minimum Gasteiger partial charge on any atom is -0.378 e. The molecule has 0 aliphatic carbocycles. The number of carbonyl (C=O) groups excluding carboxylic acids is 1. The Bertz CT molecular complexity index is 177. The molecule has 1 heterocycles. The van der Waals surface area contributed by atoms with Gasteiger partial charge in [0.1, 0.15) is 0 Å². The fourth-order valence-corrected chi connectivity index (χ4v) is 1.55. The van der Waals surface area contributed by atoms with Crippen LogP contribution in [-0.2, 0) is 9.53 Å². The Hall–Kier alpha value is -0.610. The third-order valence-corrected chi connectivity index (χ3v) is 2.41. The van der Waals surface area contributed by atoms with Gasteiger partial charge in [0.25, 0.3) is 0 Å². The summed E-state index contributed by atoms with van der Waals surface area (Å²) in [5.74, 6) is 0.244. The van der Waals surface area contributed by atoms with E-state index in [0.717, 1.165) is 25.9 Å². The predicted molar refractivity (Wildman–Crippen MR) is 54.9 cm³/mol. The van der Waals surface area contributed by atoms with Gasteiger partial charge in [-0.3, -0.25) is 4.79 Å². The zero-order valence-electron chi connectivity index (χ0n) is 8.87. The number of nitrogens with two attached hydrogens (primary N) is 1. The van der Waals surface area contributed by atoms with Gasteiger partial charge in [-0.05, 0) is 19.8 Å². The van der Waals surface area contributed by atoms with Crippen molar-refractivity contribution in [3.8, 4) is 0 Å². The second kappa shape index (κ2) is 5.98. The van der Waals surface area contributed by atoms with Crippen LogP contribution in [-0.4, -0.2) is 43.2 Å². The number of hydrogen-bond donors (Lipinski definition) is 1. The maximum Gasteiger partial charge on any atom is 0.222 e. The average molecular weight is 200 g/mol. The summed E-state index contributed by atoms with van der Waals surface area (Å²) in [6, 6.07) is 0.201. The number of rotatable bonds is 4. The predicted octanol–water partition coefficient (Wildman–Crippen LogP) is 0.363. The van der Waals surface area contributed by atoms with E-state index in [1.807, 2.05) is 11.8 Å². The number of morpholine rings is 1. The minimum atomic E-state index is 0.201. The SMILES string of the molecule is CC(N)CCCC(=O)N1CCOCC1. The number of carbonyl (C=O) groups is 1. The van der Waals surface area contributed by atoms with Crippen LogP contribution in [0.2, 0.25) is 0 Å². The number of hydrogen-bond acceptors (Lipinski definition) is 3. The van der Waals surface area contributed by atoms with E-state index in [-0.39, 0.29) is 11.9 Å². The maximum absolute atomic E-state index is 11.6. The topological polar surface area (TPSA) is 55.6 Å². The Morgan fingerprint density at radius 1 is 1.50 bits per heavy atom. The molecular formula is C10H20N2O2. The van der Waals surface area contributed by atoms with Gasteiger partial charge < -0.3 is 15.4 Å². The minimum absolute atomic E-state index is 0.201. The highest BCUT2D eigenvalue weighted by molar-refractivity contribution is 5.76. The van der Waals surface area contributed by atoms with Gasteiger partial charge in [0.05, 0.1) is 13.2 Å².